The molecular weight excluding hydrogens is 316 g/mol. The van der Waals surface area contributed by atoms with Crippen LogP contribution in [-0.2, 0) is 17.9 Å². The zero-order valence-corrected chi connectivity index (χ0v) is 14.9. The van der Waals surface area contributed by atoms with Gasteiger partial charge in [0.2, 0.25) is 5.91 Å². The normalized spacial score (nSPS) is 12.6. The number of hydrogen-bond acceptors (Lipinski definition) is 4. The highest BCUT2D eigenvalue weighted by Crippen LogP contribution is 2.13. The van der Waals surface area contributed by atoms with Gasteiger partial charge in [-0.1, -0.05) is 31.2 Å². The Bertz CT molecular complexity index is 850. The summed E-state index contributed by atoms with van der Waals surface area (Å²) < 4.78 is 3.70. The van der Waals surface area contributed by atoms with Gasteiger partial charge < -0.3 is 5.32 Å². The van der Waals surface area contributed by atoms with Crippen molar-refractivity contribution in [3.8, 4) is 0 Å². The van der Waals surface area contributed by atoms with Crippen LogP contribution in [0.25, 0.3) is 11.0 Å². The summed E-state index contributed by atoms with van der Waals surface area (Å²) >= 11 is 0. The molecule has 0 bridgehead atoms. The van der Waals surface area contributed by atoms with Crippen LogP contribution in [0.2, 0.25) is 0 Å². The number of hydrogen-bond donors (Lipinski definition) is 1. The maximum atomic E-state index is 12.4. The van der Waals surface area contributed by atoms with E-state index in [2.05, 4.69) is 34.6 Å². The number of amides is 1. The van der Waals surface area contributed by atoms with E-state index in [1.165, 1.54) is 0 Å². The number of carbonyl (C=O) groups excluding carboxylic acids is 1. The number of aryl methyl sites for hydroxylation is 2. The topological polar surface area (TPSA) is 77.6 Å². The standard InChI is InChI=1S/C18H24N6O/c1-13(2)16(12-24-17-7-5-4-6-15(17)21-22-24)20-18(25)9-11-23-14(3)8-10-19-23/h4-8,10,13,16H,9,11-12H2,1-3H3,(H,20,25)/t16-/m0/s1. The minimum Gasteiger partial charge on any atom is -0.351 e. The van der Waals surface area contributed by atoms with Crippen molar-refractivity contribution in [1.29, 1.82) is 0 Å². The molecule has 132 valence electrons. The molecule has 2 heterocycles. The lowest BCUT2D eigenvalue weighted by Crippen LogP contribution is -2.42. The minimum atomic E-state index is -0.00340. The highest BCUT2D eigenvalue weighted by molar-refractivity contribution is 5.76. The Kier molecular flexibility index (Phi) is 5.11. The van der Waals surface area contributed by atoms with Crippen LogP contribution in [-0.4, -0.2) is 36.7 Å². The number of nitrogens with one attached hydrogen (secondary N) is 1. The lowest BCUT2D eigenvalue weighted by molar-refractivity contribution is -0.122. The lowest BCUT2D eigenvalue weighted by atomic mass is 10.0. The molecule has 7 heteroatoms. The van der Waals surface area contributed by atoms with Crippen molar-refractivity contribution in [3.05, 3.63) is 42.2 Å². The van der Waals surface area contributed by atoms with Gasteiger partial charge in [0.25, 0.3) is 0 Å². The van der Waals surface area contributed by atoms with E-state index in [4.69, 9.17) is 0 Å². The molecule has 0 aliphatic rings. The van der Waals surface area contributed by atoms with Crippen molar-refractivity contribution < 1.29 is 4.79 Å². The summed E-state index contributed by atoms with van der Waals surface area (Å²) in [5.41, 5.74) is 2.90. The summed E-state index contributed by atoms with van der Waals surface area (Å²) in [7, 11) is 0. The maximum absolute atomic E-state index is 12.4. The predicted molar refractivity (Wildman–Crippen MR) is 95.9 cm³/mol. The van der Waals surface area contributed by atoms with Gasteiger partial charge in [0.05, 0.1) is 18.1 Å². The second kappa shape index (κ2) is 7.46. The summed E-state index contributed by atoms with van der Waals surface area (Å²) in [5, 5.41) is 15.7. The average molecular weight is 340 g/mol. The van der Waals surface area contributed by atoms with Gasteiger partial charge >= 0.3 is 0 Å². The van der Waals surface area contributed by atoms with E-state index in [0.717, 1.165) is 16.7 Å². The van der Waals surface area contributed by atoms with E-state index < -0.39 is 0 Å². The second-order valence-electron chi connectivity index (χ2n) is 6.62. The van der Waals surface area contributed by atoms with Crippen LogP contribution in [0.5, 0.6) is 0 Å². The molecule has 1 aromatic carbocycles. The molecule has 0 radical (unpaired) electrons. The van der Waals surface area contributed by atoms with Crippen LogP contribution in [0.4, 0.5) is 0 Å². The first kappa shape index (κ1) is 17.1. The minimum absolute atomic E-state index is 0.00340. The van der Waals surface area contributed by atoms with Crippen molar-refractivity contribution in [2.24, 2.45) is 5.92 Å². The highest BCUT2D eigenvalue weighted by Gasteiger charge is 2.18. The molecule has 1 amide bonds. The van der Waals surface area contributed by atoms with Crippen molar-refractivity contribution >= 4 is 16.9 Å². The van der Waals surface area contributed by atoms with Crippen molar-refractivity contribution in [3.63, 3.8) is 0 Å². The quantitative estimate of drug-likeness (QED) is 0.715. The van der Waals surface area contributed by atoms with Gasteiger partial charge in [0.1, 0.15) is 5.52 Å². The van der Waals surface area contributed by atoms with Crippen molar-refractivity contribution in [1.82, 2.24) is 30.1 Å². The van der Waals surface area contributed by atoms with Gasteiger partial charge in [-0.05, 0) is 31.0 Å². The van der Waals surface area contributed by atoms with Gasteiger partial charge in [-0.2, -0.15) is 5.10 Å². The molecule has 0 unspecified atom stereocenters. The fourth-order valence-electron chi connectivity index (χ4n) is 2.78. The molecule has 0 aliphatic heterocycles. The molecule has 25 heavy (non-hydrogen) atoms. The van der Waals surface area contributed by atoms with Crippen LogP contribution in [0.15, 0.2) is 36.5 Å². The van der Waals surface area contributed by atoms with Crippen LogP contribution in [0.3, 0.4) is 0 Å². The zero-order chi connectivity index (χ0) is 17.8. The SMILES string of the molecule is Cc1ccnn1CCC(=O)N[C@@H](Cn1nnc2ccccc21)C(C)C. The number of para-hydroxylation sites is 1. The monoisotopic (exact) mass is 340 g/mol. The Balaban J connectivity index is 1.63. The molecule has 0 spiro atoms. The summed E-state index contributed by atoms with van der Waals surface area (Å²) in [6, 6.07) is 9.78. The molecule has 3 rings (SSSR count). The Morgan fingerprint density at radius 3 is 2.72 bits per heavy atom. The summed E-state index contributed by atoms with van der Waals surface area (Å²) in [4.78, 5) is 12.4. The highest BCUT2D eigenvalue weighted by atomic mass is 16.1. The molecule has 2 aromatic heterocycles. The smallest absolute Gasteiger partial charge is 0.222 e. The summed E-state index contributed by atoms with van der Waals surface area (Å²) in [5.74, 6) is 0.316. The molecule has 1 N–H and O–H groups in total. The van der Waals surface area contributed by atoms with E-state index >= 15 is 0 Å². The van der Waals surface area contributed by atoms with Gasteiger partial charge in [-0.25, -0.2) is 4.68 Å². The molecule has 3 aromatic rings. The predicted octanol–water partition coefficient (Wildman–Crippen LogP) is 2.17. The number of rotatable bonds is 7. The third-order valence-electron chi connectivity index (χ3n) is 4.42. The Labute approximate surface area is 147 Å². The number of fused-ring (bicyclic) bond motifs is 1. The average Bonchev–Trinajstić information content (AvgIpc) is 3.19. The van der Waals surface area contributed by atoms with Crippen LogP contribution >= 0.6 is 0 Å². The fraction of sp³-hybridized carbons (Fsp3) is 0.444. The van der Waals surface area contributed by atoms with Crippen LogP contribution in [0, 0.1) is 12.8 Å². The maximum Gasteiger partial charge on any atom is 0.222 e. The lowest BCUT2D eigenvalue weighted by Gasteiger charge is -2.22. The van der Waals surface area contributed by atoms with E-state index in [1.54, 1.807) is 6.20 Å². The number of benzene rings is 1. The van der Waals surface area contributed by atoms with Gasteiger partial charge in [-0.3, -0.25) is 9.48 Å². The number of aromatic nitrogens is 5. The van der Waals surface area contributed by atoms with E-state index in [9.17, 15) is 4.79 Å². The second-order valence-corrected chi connectivity index (χ2v) is 6.62. The Morgan fingerprint density at radius 2 is 2.00 bits per heavy atom. The first-order valence-electron chi connectivity index (χ1n) is 8.60. The fourth-order valence-corrected chi connectivity index (χ4v) is 2.78. The zero-order valence-electron chi connectivity index (χ0n) is 14.9. The largest absolute Gasteiger partial charge is 0.351 e. The summed E-state index contributed by atoms with van der Waals surface area (Å²) in [6.45, 7) is 7.37. The van der Waals surface area contributed by atoms with E-state index in [-0.39, 0.29) is 11.9 Å². The third-order valence-corrected chi connectivity index (χ3v) is 4.42. The Morgan fingerprint density at radius 1 is 1.20 bits per heavy atom. The molecule has 7 nitrogen and oxygen atoms in total. The summed E-state index contributed by atoms with van der Waals surface area (Å²) in [6.07, 6.45) is 2.16. The first-order valence-corrected chi connectivity index (χ1v) is 8.60. The van der Waals surface area contributed by atoms with Crippen molar-refractivity contribution in [2.75, 3.05) is 0 Å². The number of nitrogens with zero attached hydrogens (tertiary/aromatic N) is 5. The molecule has 1 atom stereocenters. The Hall–Kier alpha value is -2.70. The molecule has 0 saturated carbocycles. The molecule has 0 fully saturated rings. The van der Waals surface area contributed by atoms with Gasteiger partial charge in [0.15, 0.2) is 0 Å². The van der Waals surface area contributed by atoms with Crippen LogP contribution < -0.4 is 5.32 Å². The van der Waals surface area contributed by atoms with E-state index in [0.29, 0.717) is 25.4 Å². The van der Waals surface area contributed by atoms with Gasteiger partial charge in [0, 0.05) is 24.9 Å². The van der Waals surface area contributed by atoms with Crippen LogP contribution in [0.1, 0.15) is 26.0 Å². The first-order chi connectivity index (χ1) is 12.0. The molecule has 0 aliphatic carbocycles. The van der Waals surface area contributed by atoms with Gasteiger partial charge in [-0.15, -0.1) is 5.10 Å². The molecular formula is C18H24N6O. The van der Waals surface area contributed by atoms with Crippen molar-refractivity contribution in [2.45, 2.75) is 46.3 Å². The van der Waals surface area contributed by atoms with E-state index in [1.807, 2.05) is 46.6 Å². The molecule has 0 saturated heterocycles. The third kappa shape index (κ3) is 4.04. The number of carbonyl (C=O) groups is 1.